The van der Waals surface area contributed by atoms with Gasteiger partial charge in [0.25, 0.3) is 0 Å². The Morgan fingerprint density at radius 3 is 2.44 bits per heavy atom. The van der Waals surface area contributed by atoms with Gasteiger partial charge in [0.15, 0.2) is 0 Å². The number of hydrogen-bond acceptors (Lipinski definition) is 4. The number of unbranched alkanes of at least 4 members (excludes halogenated alkanes) is 1. The number of nitrogens with one attached hydrogen (secondary N) is 1. The molecule has 1 atom stereocenters. The van der Waals surface area contributed by atoms with Crippen molar-refractivity contribution in [3.8, 4) is 0 Å². The van der Waals surface area contributed by atoms with Crippen LogP contribution in [0.25, 0.3) is 0 Å². The van der Waals surface area contributed by atoms with Gasteiger partial charge < -0.3 is 10.2 Å². The fourth-order valence-electron chi connectivity index (χ4n) is 3.57. The Morgan fingerprint density at radius 2 is 1.82 bits per heavy atom. The molecule has 2 aromatic carbocycles. The van der Waals surface area contributed by atoms with Crippen LogP contribution in [0.1, 0.15) is 43.4 Å². The molecule has 0 aliphatic rings. The van der Waals surface area contributed by atoms with Gasteiger partial charge in [0.2, 0.25) is 21.8 Å². The monoisotopic (exact) mass is 507 g/mol. The number of amides is 2. The van der Waals surface area contributed by atoms with Crippen LogP contribution in [0, 0.1) is 13.8 Å². The fourth-order valence-corrected chi connectivity index (χ4v) is 4.64. The maximum Gasteiger partial charge on any atom is 0.244 e. The van der Waals surface area contributed by atoms with E-state index in [2.05, 4.69) is 5.32 Å². The summed E-state index contributed by atoms with van der Waals surface area (Å²) in [5, 5.41) is 3.23. The maximum absolute atomic E-state index is 13.5. The van der Waals surface area contributed by atoms with E-state index in [9.17, 15) is 18.0 Å². The number of halogens is 1. The number of carbonyl (C=O) groups is 2. The molecule has 0 unspecified atom stereocenters. The first-order chi connectivity index (χ1) is 15.9. The number of anilines is 1. The molecule has 2 amide bonds. The Kier molecular flexibility index (Phi) is 9.94. The van der Waals surface area contributed by atoms with Gasteiger partial charge >= 0.3 is 0 Å². The molecular formula is C25H34ClN3O4S. The molecule has 0 radical (unpaired) electrons. The van der Waals surface area contributed by atoms with E-state index in [0.717, 1.165) is 34.5 Å². The SMILES string of the molecule is CCCCNC(=O)[C@H](C)N(Cc1cccc(C)c1)C(=O)CN(c1cc(Cl)ccc1C)S(C)(=O)=O. The largest absolute Gasteiger partial charge is 0.354 e. The average Bonchev–Trinajstić information content (AvgIpc) is 2.76. The summed E-state index contributed by atoms with van der Waals surface area (Å²) >= 11 is 6.11. The highest BCUT2D eigenvalue weighted by molar-refractivity contribution is 7.92. The molecule has 0 saturated heterocycles. The highest BCUT2D eigenvalue weighted by atomic mass is 35.5. The smallest absolute Gasteiger partial charge is 0.244 e. The zero-order chi connectivity index (χ0) is 25.5. The normalized spacial score (nSPS) is 12.2. The molecular weight excluding hydrogens is 474 g/mol. The van der Waals surface area contributed by atoms with E-state index in [4.69, 9.17) is 11.6 Å². The summed E-state index contributed by atoms with van der Waals surface area (Å²) in [5.41, 5.74) is 2.88. The van der Waals surface area contributed by atoms with Crippen molar-refractivity contribution >= 4 is 39.1 Å². The highest BCUT2D eigenvalue weighted by Gasteiger charge is 2.30. The third-order valence-electron chi connectivity index (χ3n) is 5.55. The van der Waals surface area contributed by atoms with Crippen LogP contribution < -0.4 is 9.62 Å². The third kappa shape index (κ3) is 7.74. The van der Waals surface area contributed by atoms with Crippen molar-refractivity contribution in [1.29, 1.82) is 0 Å². The lowest BCUT2D eigenvalue weighted by atomic mass is 10.1. The van der Waals surface area contributed by atoms with Crippen molar-refractivity contribution in [2.45, 2.75) is 53.1 Å². The predicted molar refractivity (Wildman–Crippen MR) is 137 cm³/mol. The summed E-state index contributed by atoms with van der Waals surface area (Å²) in [7, 11) is -3.80. The Labute approximate surface area is 208 Å². The molecule has 9 heteroatoms. The van der Waals surface area contributed by atoms with Gasteiger partial charge in [0, 0.05) is 18.1 Å². The minimum Gasteiger partial charge on any atom is -0.354 e. The van der Waals surface area contributed by atoms with Crippen LogP contribution >= 0.6 is 11.6 Å². The van der Waals surface area contributed by atoms with E-state index in [-0.39, 0.29) is 12.5 Å². The fraction of sp³-hybridized carbons (Fsp3) is 0.440. The Balaban J connectivity index is 2.39. The molecule has 0 spiro atoms. The van der Waals surface area contributed by atoms with Crippen molar-refractivity contribution in [3.05, 3.63) is 64.2 Å². The summed E-state index contributed by atoms with van der Waals surface area (Å²) in [5.74, 6) is -0.760. The van der Waals surface area contributed by atoms with Crippen molar-refractivity contribution in [3.63, 3.8) is 0 Å². The average molecular weight is 508 g/mol. The van der Waals surface area contributed by atoms with Crippen LogP contribution in [-0.4, -0.2) is 50.5 Å². The highest BCUT2D eigenvalue weighted by Crippen LogP contribution is 2.26. The van der Waals surface area contributed by atoms with Gasteiger partial charge in [-0.15, -0.1) is 0 Å². The second kappa shape index (κ2) is 12.2. The molecule has 186 valence electrons. The Bertz CT molecular complexity index is 1120. The first-order valence-electron chi connectivity index (χ1n) is 11.3. The van der Waals surface area contributed by atoms with Gasteiger partial charge in [-0.2, -0.15) is 0 Å². The number of aryl methyl sites for hydroxylation is 2. The molecule has 34 heavy (non-hydrogen) atoms. The molecule has 1 N–H and O–H groups in total. The van der Waals surface area contributed by atoms with Crippen molar-refractivity contribution in [1.82, 2.24) is 10.2 Å². The molecule has 0 fully saturated rings. The van der Waals surface area contributed by atoms with Gasteiger partial charge in [-0.05, 0) is 50.5 Å². The van der Waals surface area contributed by atoms with E-state index >= 15 is 0 Å². The van der Waals surface area contributed by atoms with Crippen molar-refractivity contribution in [2.75, 3.05) is 23.7 Å². The second-order valence-corrected chi connectivity index (χ2v) is 10.9. The molecule has 7 nitrogen and oxygen atoms in total. The summed E-state index contributed by atoms with van der Waals surface area (Å²) in [6.45, 7) is 7.63. The summed E-state index contributed by atoms with van der Waals surface area (Å²) < 4.78 is 26.4. The number of hydrogen-bond donors (Lipinski definition) is 1. The zero-order valence-corrected chi connectivity index (χ0v) is 22.0. The quantitative estimate of drug-likeness (QED) is 0.465. The number of sulfonamides is 1. The van der Waals surface area contributed by atoms with Gasteiger partial charge in [-0.25, -0.2) is 8.42 Å². The van der Waals surface area contributed by atoms with E-state index < -0.39 is 28.5 Å². The molecule has 0 aromatic heterocycles. The second-order valence-electron chi connectivity index (χ2n) is 8.53. The first-order valence-corrected chi connectivity index (χ1v) is 13.5. The zero-order valence-electron chi connectivity index (χ0n) is 20.5. The molecule has 0 aliphatic carbocycles. The molecule has 0 aliphatic heterocycles. The van der Waals surface area contributed by atoms with Crippen LogP contribution in [0.3, 0.4) is 0 Å². The van der Waals surface area contributed by atoms with Crippen LogP contribution in [-0.2, 0) is 26.2 Å². The number of nitrogens with zero attached hydrogens (tertiary/aromatic N) is 2. The van der Waals surface area contributed by atoms with E-state index in [1.165, 1.54) is 11.0 Å². The van der Waals surface area contributed by atoms with Gasteiger partial charge in [-0.3, -0.25) is 13.9 Å². The van der Waals surface area contributed by atoms with Gasteiger partial charge in [-0.1, -0.05) is 60.8 Å². The Hall–Kier alpha value is -2.58. The van der Waals surface area contributed by atoms with Gasteiger partial charge in [0.1, 0.15) is 12.6 Å². The van der Waals surface area contributed by atoms with Crippen LogP contribution in [0.4, 0.5) is 5.69 Å². The summed E-state index contributed by atoms with van der Waals surface area (Å²) in [4.78, 5) is 27.8. The van der Waals surface area contributed by atoms with E-state index in [1.54, 1.807) is 26.0 Å². The lowest BCUT2D eigenvalue weighted by Crippen LogP contribution is -2.51. The lowest BCUT2D eigenvalue weighted by molar-refractivity contribution is -0.139. The van der Waals surface area contributed by atoms with Crippen LogP contribution in [0.15, 0.2) is 42.5 Å². The first kappa shape index (κ1) is 27.7. The molecule has 2 aromatic rings. The summed E-state index contributed by atoms with van der Waals surface area (Å²) in [6.07, 6.45) is 2.81. The number of carbonyl (C=O) groups excluding carboxylic acids is 2. The minimum absolute atomic E-state index is 0.176. The maximum atomic E-state index is 13.5. The lowest BCUT2D eigenvalue weighted by Gasteiger charge is -2.32. The van der Waals surface area contributed by atoms with Crippen LogP contribution in [0.5, 0.6) is 0 Å². The third-order valence-corrected chi connectivity index (χ3v) is 6.91. The molecule has 0 bridgehead atoms. The van der Waals surface area contributed by atoms with Gasteiger partial charge in [0.05, 0.1) is 11.9 Å². The number of rotatable bonds is 11. The van der Waals surface area contributed by atoms with E-state index in [0.29, 0.717) is 22.8 Å². The van der Waals surface area contributed by atoms with Crippen molar-refractivity contribution in [2.24, 2.45) is 0 Å². The van der Waals surface area contributed by atoms with E-state index in [1.807, 2.05) is 38.1 Å². The number of benzene rings is 2. The topological polar surface area (TPSA) is 86.8 Å². The molecule has 0 heterocycles. The molecule has 0 saturated carbocycles. The van der Waals surface area contributed by atoms with Crippen LogP contribution in [0.2, 0.25) is 5.02 Å². The van der Waals surface area contributed by atoms with Crippen molar-refractivity contribution < 1.29 is 18.0 Å². The summed E-state index contributed by atoms with van der Waals surface area (Å²) in [6, 6.07) is 11.8. The predicted octanol–water partition coefficient (Wildman–Crippen LogP) is 4.06. The molecule has 2 rings (SSSR count). The minimum atomic E-state index is -3.80. The Morgan fingerprint density at radius 1 is 1.12 bits per heavy atom. The standard InChI is InChI=1S/C25H34ClN3O4S/c1-6-7-13-27-25(31)20(4)28(16-21-10-8-9-18(2)14-21)24(30)17-29(34(5,32)33)23-15-22(26)12-11-19(23)3/h8-12,14-15,20H,6-7,13,16-17H2,1-5H3,(H,27,31)/t20-/m0/s1.